The molecule has 2 aliphatic rings. The van der Waals surface area contributed by atoms with Crippen LogP contribution in [0.1, 0.15) is 29.9 Å². The van der Waals surface area contributed by atoms with E-state index in [4.69, 9.17) is 0 Å². The average Bonchev–Trinajstić information content (AvgIpc) is 2.73. The minimum atomic E-state index is -4.33. The fraction of sp³-hybridized carbons (Fsp3) is 0.562. The van der Waals surface area contributed by atoms with Crippen molar-refractivity contribution < 1.29 is 18.0 Å². The molecule has 1 aromatic rings. The Kier molecular flexibility index (Phi) is 4.97. The van der Waals surface area contributed by atoms with Gasteiger partial charge in [-0.2, -0.15) is 13.2 Å². The van der Waals surface area contributed by atoms with E-state index in [0.717, 1.165) is 43.6 Å². The number of carbonyl (C=O) groups is 1. The zero-order valence-electron chi connectivity index (χ0n) is 12.8. The van der Waals surface area contributed by atoms with Crippen molar-refractivity contribution in [1.29, 1.82) is 0 Å². The predicted molar refractivity (Wildman–Crippen MR) is 83.6 cm³/mol. The molecule has 128 valence electrons. The summed E-state index contributed by atoms with van der Waals surface area (Å²) in [6.45, 7) is 2.12. The number of hydrogen-bond donors (Lipinski definition) is 1. The maximum atomic E-state index is 12.7. The number of nitrogens with one attached hydrogen (secondary N) is 1. The second-order valence-corrected chi connectivity index (χ2v) is 6.26. The number of benzene rings is 1. The first-order valence-corrected chi connectivity index (χ1v) is 7.48. The normalized spacial score (nSPS) is 23.9. The van der Waals surface area contributed by atoms with Crippen LogP contribution in [0.25, 0.3) is 0 Å². The lowest BCUT2D eigenvalue weighted by Crippen LogP contribution is -2.44. The number of alkyl halides is 3. The zero-order chi connectivity index (χ0) is 16.0. The molecule has 2 aliphatic heterocycles. The van der Waals surface area contributed by atoms with Gasteiger partial charge in [0, 0.05) is 19.5 Å². The van der Waals surface area contributed by atoms with Gasteiger partial charge in [0.1, 0.15) is 0 Å². The highest BCUT2D eigenvalue weighted by Crippen LogP contribution is 2.49. The highest BCUT2D eigenvalue weighted by molar-refractivity contribution is 5.86. The number of piperidine rings is 1. The Morgan fingerprint density at radius 2 is 1.74 bits per heavy atom. The third-order valence-electron chi connectivity index (χ3n) is 5.03. The van der Waals surface area contributed by atoms with Crippen molar-refractivity contribution in [3.63, 3.8) is 0 Å². The molecule has 0 aliphatic carbocycles. The number of nitrogens with zero attached hydrogens (tertiary/aromatic N) is 1. The summed E-state index contributed by atoms with van der Waals surface area (Å²) < 4.78 is 38.1. The fourth-order valence-electron chi connectivity index (χ4n) is 3.82. The summed E-state index contributed by atoms with van der Waals surface area (Å²) >= 11 is 0. The second-order valence-electron chi connectivity index (χ2n) is 6.26. The van der Waals surface area contributed by atoms with E-state index < -0.39 is 17.2 Å². The number of hydrogen-bond acceptors (Lipinski definition) is 2. The lowest BCUT2D eigenvalue weighted by atomic mass is 9.68. The molecular weight excluding hydrogens is 329 g/mol. The minimum Gasteiger partial charge on any atom is -0.345 e. The molecule has 0 saturated carbocycles. The molecule has 1 spiro atoms. The van der Waals surface area contributed by atoms with Crippen molar-refractivity contribution in [3.05, 3.63) is 35.4 Å². The molecule has 0 radical (unpaired) electrons. The molecule has 3 rings (SSSR count). The maximum absolute atomic E-state index is 12.7. The topological polar surface area (TPSA) is 32.3 Å². The molecule has 0 aromatic heterocycles. The van der Waals surface area contributed by atoms with Crippen LogP contribution in [0, 0.1) is 5.41 Å². The van der Waals surface area contributed by atoms with Crippen molar-refractivity contribution in [3.8, 4) is 0 Å². The molecule has 2 saturated heterocycles. The molecule has 1 amide bonds. The van der Waals surface area contributed by atoms with Crippen LogP contribution < -0.4 is 5.32 Å². The van der Waals surface area contributed by atoms with E-state index in [1.54, 1.807) is 11.9 Å². The summed E-state index contributed by atoms with van der Waals surface area (Å²) in [5.41, 5.74) is -0.277. The van der Waals surface area contributed by atoms with Crippen LogP contribution in [0.15, 0.2) is 24.3 Å². The maximum Gasteiger partial charge on any atom is 0.416 e. The van der Waals surface area contributed by atoms with Gasteiger partial charge in [-0.1, -0.05) is 12.1 Å². The summed E-state index contributed by atoms with van der Waals surface area (Å²) in [4.78, 5) is 14.3. The SMILES string of the molecule is CN1CC(c2ccc(C(F)(F)F)cc2)C2(CCNCC2)C1=O.Cl. The Morgan fingerprint density at radius 3 is 2.26 bits per heavy atom. The number of amides is 1. The number of likely N-dealkylation sites (tertiary alicyclic amines) is 1. The Bertz CT molecular complexity index is 568. The van der Waals surface area contributed by atoms with Crippen LogP contribution in [0.2, 0.25) is 0 Å². The van der Waals surface area contributed by atoms with Gasteiger partial charge in [-0.25, -0.2) is 0 Å². The van der Waals surface area contributed by atoms with Crippen LogP contribution in [0.5, 0.6) is 0 Å². The quantitative estimate of drug-likeness (QED) is 0.846. The van der Waals surface area contributed by atoms with Crippen molar-refractivity contribution in [2.75, 3.05) is 26.7 Å². The standard InChI is InChI=1S/C16H19F3N2O.ClH/c1-21-10-13(15(14(21)22)6-8-20-9-7-15)11-2-4-12(5-3-11)16(17,18)19;/h2-5,13,20H,6-10H2,1H3;1H. The van der Waals surface area contributed by atoms with Gasteiger partial charge in [-0.05, 0) is 43.6 Å². The van der Waals surface area contributed by atoms with E-state index in [2.05, 4.69) is 5.32 Å². The van der Waals surface area contributed by atoms with Gasteiger partial charge in [0.2, 0.25) is 5.91 Å². The van der Waals surface area contributed by atoms with Crippen LogP contribution >= 0.6 is 12.4 Å². The van der Waals surface area contributed by atoms with Crippen molar-refractivity contribution in [1.82, 2.24) is 10.2 Å². The number of rotatable bonds is 1. The molecule has 2 fully saturated rings. The fourth-order valence-corrected chi connectivity index (χ4v) is 3.82. The van der Waals surface area contributed by atoms with E-state index in [-0.39, 0.29) is 24.2 Å². The molecule has 2 heterocycles. The second kappa shape index (κ2) is 6.32. The third-order valence-corrected chi connectivity index (χ3v) is 5.03. The Labute approximate surface area is 139 Å². The Morgan fingerprint density at radius 1 is 1.17 bits per heavy atom. The lowest BCUT2D eigenvalue weighted by Gasteiger charge is -2.36. The van der Waals surface area contributed by atoms with Crippen LogP contribution in [0.4, 0.5) is 13.2 Å². The Hall–Kier alpha value is -1.27. The number of halogens is 4. The molecular formula is C16H20ClF3N2O. The van der Waals surface area contributed by atoms with E-state index in [0.29, 0.717) is 6.54 Å². The third kappa shape index (κ3) is 3.06. The summed E-state index contributed by atoms with van der Waals surface area (Å²) in [6.07, 6.45) is -2.85. The van der Waals surface area contributed by atoms with Crippen molar-refractivity contribution in [2.45, 2.75) is 24.9 Å². The molecule has 7 heteroatoms. The summed E-state index contributed by atoms with van der Waals surface area (Å²) in [6, 6.07) is 5.30. The first-order chi connectivity index (χ1) is 10.3. The van der Waals surface area contributed by atoms with Gasteiger partial charge < -0.3 is 10.2 Å². The molecule has 1 unspecified atom stereocenters. The van der Waals surface area contributed by atoms with Gasteiger partial charge in [-0.15, -0.1) is 12.4 Å². The van der Waals surface area contributed by atoms with Crippen molar-refractivity contribution in [2.24, 2.45) is 5.41 Å². The summed E-state index contributed by atoms with van der Waals surface area (Å²) in [5.74, 6) is 0.0910. The smallest absolute Gasteiger partial charge is 0.345 e. The van der Waals surface area contributed by atoms with Crippen LogP contribution in [0.3, 0.4) is 0 Å². The molecule has 1 aromatic carbocycles. The molecule has 1 N–H and O–H groups in total. The van der Waals surface area contributed by atoms with Crippen molar-refractivity contribution >= 4 is 18.3 Å². The number of carbonyl (C=O) groups excluding carboxylic acids is 1. The predicted octanol–water partition coefficient (Wildman–Crippen LogP) is 3.05. The van der Waals surface area contributed by atoms with E-state index in [9.17, 15) is 18.0 Å². The van der Waals surface area contributed by atoms with E-state index in [1.165, 1.54) is 12.1 Å². The highest BCUT2D eigenvalue weighted by Gasteiger charge is 2.53. The van der Waals surface area contributed by atoms with Gasteiger partial charge in [0.25, 0.3) is 0 Å². The monoisotopic (exact) mass is 348 g/mol. The zero-order valence-corrected chi connectivity index (χ0v) is 13.6. The van der Waals surface area contributed by atoms with Gasteiger partial charge in [0.15, 0.2) is 0 Å². The van der Waals surface area contributed by atoms with Gasteiger partial charge >= 0.3 is 6.18 Å². The number of likely N-dealkylation sites (N-methyl/N-ethyl adjacent to an activating group) is 1. The minimum absolute atomic E-state index is 0. The largest absolute Gasteiger partial charge is 0.416 e. The van der Waals surface area contributed by atoms with Gasteiger partial charge in [-0.3, -0.25) is 4.79 Å². The Balaban J connectivity index is 0.00000192. The molecule has 1 atom stereocenters. The van der Waals surface area contributed by atoms with Crippen LogP contribution in [-0.4, -0.2) is 37.5 Å². The summed E-state index contributed by atoms with van der Waals surface area (Å²) in [7, 11) is 1.77. The first-order valence-electron chi connectivity index (χ1n) is 7.48. The summed E-state index contributed by atoms with van der Waals surface area (Å²) in [5, 5.41) is 3.25. The first kappa shape index (κ1) is 18.1. The molecule has 0 bridgehead atoms. The average molecular weight is 349 g/mol. The molecule has 3 nitrogen and oxygen atoms in total. The van der Waals surface area contributed by atoms with Gasteiger partial charge in [0.05, 0.1) is 11.0 Å². The van der Waals surface area contributed by atoms with E-state index in [1.807, 2.05) is 0 Å². The molecule has 23 heavy (non-hydrogen) atoms. The van der Waals surface area contributed by atoms with Crippen LogP contribution in [-0.2, 0) is 11.0 Å². The lowest BCUT2D eigenvalue weighted by molar-refractivity contribution is -0.138. The highest BCUT2D eigenvalue weighted by atomic mass is 35.5. The van der Waals surface area contributed by atoms with E-state index >= 15 is 0 Å².